The van der Waals surface area contributed by atoms with Gasteiger partial charge in [-0.25, -0.2) is 9.78 Å². The minimum atomic E-state index is -1.19. The molecule has 0 amide bonds. The summed E-state index contributed by atoms with van der Waals surface area (Å²) in [4.78, 5) is 14.2. The maximum absolute atomic E-state index is 10.2. The van der Waals surface area contributed by atoms with Gasteiger partial charge in [0.1, 0.15) is 22.6 Å². The summed E-state index contributed by atoms with van der Waals surface area (Å²) >= 11 is 11.7. The van der Waals surface area contributed by atoms with Gasteiger partial charge in [0.2, 0.25) is 5.88 Å². The lowest BCUT2D eigenvalue weighted by Crippen LogP contribution is -2.26. The normalized spacial score (nSPS) is 11.8. The SMILES string of the molecule is CC(Oc1ccc(Oc2ncc(Cl)cc2Cl)cc1)C(O)C#N.CCOC(=O)OCC. The van der Waals surface area contributed by atoms with Crippen LogP contribution in [-0.4, -0.2) is 41.7 Å². The van der Waals surface area contributed by atoms with E-state index in [-0.39, 0.29) is 5.88 Å². The number of aliphatic hydroxyl groups is 1. The van der Waals surface area contributed by atoms with Gasteiger partial charge in [-0.1, -0.05) is 23.2 Å². The number of halogens is 2. The number of hydrogen-bond donors (Lipinski definition) is 1. The molecule has 30 heavy (non-hydrogen) atoms. The van der Waals surface area contributed by atoms with E-state index in [1.165, 1.54) is 12.3 Å². The maximum Gasteiger partial charge on any atom is 0.508 e. The number of carbonyl (C=O) groups excluding carboxylic acids is 1. The van der Waals surface area contributed by atoms with E-state index in [2.05, 4.69) is 14.5 Å². The Balaban J connectivity index is 0.000000479. The Labute approximate surface area is 184 Å². The van der Waals surface area contributed by atoms with E-state index in [1.54, 1.807) is 51.1 Å². The minimum Gasteiger partial charge on any atom is -0.487 e. The summed E-state index contributed by atoms with van der Waals surface area (Å²) in [5.41, 5.74) is 0. The molecule has 2 atom stereocenters. The van der Waals surface area contributed by atoms with E-state index < -0.39 is 18.4 Å². The van der Waals surface area contributed by atoms with E-state index in [0.717, 1.165) is 0 Å². The van der Waals surface area contributed by atoms with Gasteiger partial charge in [0.25, 0.3) is 0 Å². The lowest BCUT2D eigenvalue weighted by Gasteiger charge is -2.15. The smallest absolute Gasteiger partial charge is 0.487 e. The van der Waals surface area contributed by atoms with Crippen molar-refractivity contribution in [2.45, 2.75) is 33.0 Å². The van der Waals surface area contributed by atoms with Gasteiger partial charge in [-0.2, -0.15) is 5.26 Å². The molecule has 0 aliphatic heterocycles. The molecule has 0 spiro atoms. The number of nitrogens with zero attached hydrogens (tertiary/aromatic N) is 2. The topological polar surface area (TPSA) is 111 Å². The molecule has 0 aliphatic carbocycles. The van der Waals surface area contributed by atoms with Crippen molar-refractivity contribution in [1.82, 2.24) is 4.98 Å². The summed E-state index contributed by atoms with van der Waals surface area (Å²) in [5, 5.41) is 18.7. The van der Waals surface area contributed by atoms with Gasteiger partial charge in [-0.05, 0) is 51.1 Å². The summed E-state index contributed by atoms with van der Waals surface area (Å²) in [6.45, 7) is 5.82. The largest absolute Gasteiger partial charge is 0.508 e. The molecule has 1 aromatic heterocycles. The van der Waals surface area contributed by atoms with Crippen LogP contribution in [-0.2, 0) is 9.47 Å². The molecule has 8 nitrogen and oxygen atoms in total. The highest BCUT2D eigenvalue weighted by Gasteiger charge is 2.14. The number of nitriles is 1. The van der Waals surface area contributed by atoms with E-state index >= 15 is 0 Å². The van der Waals surface area contributed by atoms with Crippen molar-refractivity contribution < 1.29 is 28.8 Å². The third-order valence-corrected chi connectivity index (χ3v) is 3.71. The predicted molar refractivity (Wildman–Crippen MR) is 111 cm³/mol. The van der Waals surface area contributed by atoms with Crippen molar-refractivity contribution in [2.24, 2.45) is 0 Å². The van der Waals surface area contributed by atoms with Crippen LogP contribution < -0.4 is 9.47 Å². The number of aromatic nitrogens is 1. The number of rotatable bonds is 7. The molecule has 2 rings (SSSR count). The van der Waals surface area contributed by atoms with Crippen LogP contribution >= 0.6 is 23.2 Å². The maximum atomic E-state index is 10.2. The van der Waals surface area contributed by atoms with Gasteiger partial charge < -0.3 is 24.1 Å². The molecular weight excluding hydrogens is 435 g/mol. The summed E-state index contributed by atoms with van der Waals surface area (Å²) in [7, 11) is 0. The van der Waals surface area contributed by atoms with Crippen molar-refractivity contribution >= 4 is 29.4 Å². The molecule has 1 heterocycles. The van der Waals surface area contributed by atoms with Crippen LogP contribution in [0, 0.1) is 11.3 Å². The summed E-state index contributed by atoms with van der Waals surface area (Å²) in [5.74, 6) is 1.26. The lowest BCUT2D eigenvalue weighted by molar-refractivity contribution is 0.0630. The Kier molecular flexibility index (Phi) is 11.4. The fourth-order valence-electron chi connectivity index (χ4n) is 1.84. The van der Waals surface area contributed by atoms with Gasteiger partial charge >= 0.3 is 6.16 Å². The molecule has 1 aromatic carbocycles. The fourth-order valence-corrected chi connectivity index (χ4v) is 2.26. The van der Waals surface area contributed by atoms with E-state index in [0.29, 0.717) is 34.8 Å². The molecule has 162 valence electrons. The lowest BCUT2D eigenvalue weighted by atomic mass is 10.2. The van der Waals surface area contributed by atoms with Crippen molar-refractivity contribution in [2.75, 3.05) is 13.2 Å². The number of benzene rings is 1. The Bertz CT molecular complexity index is 834. The molecule has 10 heteroatoms. The average molecular weight is 457 g/mol. The van der Waals surface area contributed by atoms with Crippen LogP contribution in [0.25, 0.3) is 0 Å². The molecule has 0 bridgehead atoms. The van der Waals surface area contributed by atoms with E-state index in [9.17, 15) is 9.90 Å². The van der Waals surface area contributed by atoms with Gasteiger partial charge in [0.05, 0.1) is 24.3 Å². The standard InChI is InChI=1S/C15H12Cl2N2O3.C5H10O3/c1-9(14(20)7-18)21-11-2-4-12(5-3-11)22-15-13(17)6-10(16)8-19-15;1-3-7-5(6)8-4-2/h2-6,8-9,14,20H,1H3;3-4H2,1-2H3. The van der Waals surface area contributed by atoms with E-state index in [1.807, 2.05) is 0 Å². The molecule has 0 saturated carbocycles. The fraction of sp³-hybridized carbons (Fsp3) is 0.350. The van der Waals surface area contributed by atoms with Gasteiger partial charge in [0, 0.05) is 6.20 Å². The number of hydrogen-bond acceptors (Lipinski definition) is 8. The van der Waals surface area contributed by atoms with Crippen molar-refractivity contribution in [3.63, 3.8) is 0 Å². The molecule has 2 unspecified atom stereocenters. The molecule has 0 fully saturated rings. The second kappa shape index (κ2) is 13.5. The average Bonchev–Trinajstić information content (AvgIpc) is 2.71. The number of aliphatic hydroxyl groups excluding tert-OH is 1. The first-order valence-corrected chi connectivity index (χ1v) is 9.69. The molecule has 2 aromatic rings. The zero-order chi connectivity index (χ0) is 22.5. The van der Waals surface area contributed by atoms with Gasteiger partial charge in [0.15, 0.2) is 6.10 Å². The highest BCUT2D eigenvalue weighted by Crippen LogP contribution is 2.30. The molecule has 0 aliphatic rings. The Hall–Kier alpha value is -2.73. The van der Waals surface area contributed by atoms with Gasteiger partial charge in [-0.3, -0.25) is 0 Å². The van der Waals surface area contributed by atoms with Gasteiger partial charge in [-0.15, -0.1) is 0 Å². The number of carbonyl (C=O) groups is 1. The zero-order valence-corrected chi connectivity index (χ0v) is 18.2. The molecule has 1 N–H and O–H groups in total. The van der Waals surface area contributed by atoms with Crippen molar-refractivity contribution in [3.8, 4) is 23.4 Å². The predicted octanol–water partition coefficient (Wildman–Crippen LogP) is 5.01. The highest BCUT2D eigenvalue weighted by molar-refractivity contribution is 6.35. The third kappa shape index (κ3) is 9.18. The Morgan fingerprint density at radius 3 is 2.23 bits per heavy atom. The molecule has 0 radical (unpaired) electrons. The highest BCUT2D eigenvalue weighted by atomic mass is 35.5. The zero-order valence-electron chi connectivity index (χ0n) is 16.7. The Morgan fingerprint density at radius 1 is 1.17 bits per heavy atom. The first-order chi connectivity index (χ1) is 14.3. The van der Waals surface area contributed by atoms with Crippen LogP contribution in [0.3, 0.4) is 0 Å². The number of ether oxygens (including phenoxy) is 4. The van der Waals surface area contributed by atoms with Crippen LogP contribution in [0.2, 0.25) is 10.0 Å². The summed E-state index contributed by atoms with van der Waals surface area (Å²) in [6.07, 6.45) is -0.974. The first-order valence-electron chi connectivity index (χ1n) is 8.93. The number of pyridine rings is 1. The third-order valence-electron chi connectivity index (χ3n) is 3.24. The second-order valence-electron chi connectivity index (χ2n) is 5.53. The first kappa shape index (κ1) is 25.3. The second-order valence-corrected chi connectivity index (χ2v) is 6.37. The minimum absolute atomic E-state index is 0.244. The monoisotopic (exact) mass is 456 g/mol. The van der Waals surface area contributed by atoms with E-state index in [4.69, 9.17) is 37.9 Å². The molecular formula is C20H22Cl2N2O6. The van der Waals surface area contributed by atoms with Crippen molar-refractivity contribution in [3.05, 3.63) is 46.6 Å². The van der Waals surface area contributed by atoms with Crippen LogP contribution in [0.5, 0.6) is 17.4 Å². The summed E-state index contributed by atoms with van der Waals surface area (Å²) < 4.78 is 19.8. The van der Waals surface area contributed by atoms with Crippen molar-refractivity contribution in [1.29, 1.82) is 5.26 Å². The quantitative estimate of drug-likeness (QED) is 0.456. The summed E-state index contributed by atoms with van der Waals surface area (Å²) in [6, 6.07) is 9.87. The molecule has 0 saturated heterocycles. The van der Waals surface area contributed by atoms with Crippen LogP contribution in [0.15, 0.2) is 36.5 Å². The van der Waals surface area contributed by atoms with Crippen LogP contribution in [0.1, 0.15) is 20.8 Å². The van der Waals surface area contributed by atoms with Crippen LogP contribution in [0.4, 0.5) is 4.79 Å². The Morgan fingerprint density at radius 2 is 1.73 bits per heavy atom.